The Bertz CT molecular complexity index is 253. The van der Waals surface area contributed by atoms with E-state index in [0.717, 1.165) is 5.82 Å². The summed E-state index contributed by atoms with van der Waals surface area (Å²) >= 11 is 0. The maximum atomic E-state index is 4.11. The van der Waals surface area contributed by atoms with Crippen LogP contribution in [0.4, 0.5) is 5.82 Å². The Morgan fingerprint density at radius 1 is 0.543 bits per heavy atom. The second-order valence-corrected chi connectivity index (χ2v) is 3.00. The topological polar surface area (TPSA) is 29.0 Å². The van der Waals surface area contributed by atoms with Gasteiger partial charge in [0, 0.05) is 758 Å². The van der Waals surface area contributed by atoms with Crippen molar-refractivity contribution in [1.82, 2.24) is 9.97 Å². The fourth-order valence-electron chi connectivity index (χ4n) is 0.949. The van der Waals surface area contributed by atoms with Gasteiger partial charge in [0.05, 0.1) is 0 Å². The second kappa shape index (κ2) is 124. The fraction of sp³-hybridized carbons (Fsp3) is 0.444. The SMILES string of the molecule is CC(C)[CH-]N(C)c1[c-]nccn1.[Y].[Y].[Y].[Y].[Y].[Y].[Y].[Y].[Y].[Y].[Y].[Y].[Y].[Y].[Y].[Y].[Y].[Y].[Y].[Y].[Y].[Y].[Y]. The van der Waals surface area contributed by atoms with E-state index in [1.807, 2.05) is 11.9 Å². The molecule has 1 rings (SSSR count). The summed E-state index contributed by atoms with van der Waals surface area (Å²) in [6.45, 7) is 6.31. The predicted octanol–water partition coefficient (Wildman–Crippen LogP) is 1.47. The Morgan fingerprint density at radius 2 is 0.800 bits per heavy atom. The summed E-state index contributed by atoms with van der Waals surface area (Å²) in [6, 6.07) is 0. The van der Waals surface area contributed by atoms with Crippen LogP contribution in [0.25, 0.3) is 0 Å². The van der Waals surface area contributed by atoms with E-state index in [4.69, 9.17) is 0 Å². The molecular weight excluding hydrogens is 2190 g/mol. The average Bonchev–Trinajstić information content (AvgIpc) is 2.05. The third-order valence-corrected chi connectivity index (χ3v) is 1.36. The van der Waals surface area contributed by atoms with Crippen LogP contribution in [0, 0.1) is 18.7 Å². The van der Waals surface area contributed by atoms with E-state index in [0.29, 0.717) is 5.92 Å². The standard InChI is InChI=1S/C9H13N3.23Y/c1-8(2)7-12(3)9-6-10-4-5-11-9;;;;;;;;;;;;;;;;;;;;;;;/h4-5,7-8H,1-3H3;;;;;;;;;;;;;;;;;;;;;;;/q-2;;;;;;;;;;;;;;;;;;;;;;;. The molecule has 0 spiro atoms. The zero-order chi connectivity index (χ0) is 8.97. The summed E-state index contributed by atoms with van der Waals surface area (Å²) in [5.74, 6) is 1.26. The summed E-state index contributed by atoms with van der Waals surface area (Å²) in [6.07, 6.45) is 6.09. The largest absolute Gasteiger partial charge is 0.524 e. The zero-order valence-corrected chi connectivity index (χ0v) is 86.2. The van der Waals surface area contributed by atoms with E-state index in [-0.39, 0.29) is 752 Å². The summed E-state index contributed by atoms with van der Waals surface area (Å²) in [4.78, 5) is 9.90. The van der Waals surface area contributed by atoms with Gasteiger partial charge in [-0.3, -0.25) is 4.98 Å². The summed E-state index contributed by atoms with van der Waals surface area (Å²) < 4.78 is 0. The van der Waals surface area contributed by atoms with Crippen molar-refractivity contribution in [2.24, 2.45) is 5.92 Å². The molecule has 3 nitrogen and oxygen atoms in total. The molecule has 0 atom stereocenters. The minimum atomic E-state index is 0. The maximum Gasteiger partial charge on any atom is 0.0223 e. The molecule has 0 aliphatic carbocycles. The van der Waals surface area contributed by atoms with E-state index in [1.165, 1.54) is 0 Å². The molecular formula is C9H13N3Y23-2. The van der Waals surface area contributed by atoms with Crippen LogP contribution in [0.2, 0.25) is 0 Å². The van der Waals surface area contributed by atoms with Crippen LogP contribution >= 0.6 is 0 Å². The first kappa shape index (κ1) is 153. The molecule has 0 fully saturated rings. The fourth-order valence-corrected chi connectivity index (χ4v) is 0.949. The van der Waals surface area contributed by atoms with E-state index < -0.39 is 0 Å². The van der Waals surface area contributed by atoms with Crippen LogP contribution < -0.4 is 4.90 Å². The molecule has 0 aliphatic rings. The van der Waals surface area contributed by atoms with Crippen molar-refractivity contribution < 1.29 is 752 Å². The molecule has 0 saturated carbocycles. The number of hydrogen-bond donors (Lipinski definition) is 0. The van der Waals surface area contributed by atoms with Gasteiger partial charge < -0.3 is 9.88 Å². The molecule has 0 N–H and O–H groups in total. The van der Waals surface area contributed by atoms with Gasteiger partial charge in [-0.1, -0.05) is 13.8 Å². The first-order valence-electron chi connectivity index (χ1n) is 3.96. The van der Waals surface area contributed by atoms with Crippen molar-refractivity contribution in [3.05, 3.63) is 25.1 Å². The normalized spacial score (nSPS) is 3.54. The van der Waals surface area contributed by atoms with Gasteiger partial charge in [-0.25, -0.2) is 6.54 Å². The Balaban J connectivity index is -0.00000000298. The Labute approximate surface area is 795 Å². The number of anilines is 1. The smallest absolute Gasteiger partial charge is 0.0223 e. The van der Waals surface area contributed by atoms with Crippen molar-refractivity contribution in [1.29, 1.82) is 0 Å². The number of hydrogen-bond acceptors (Lipinski definition) is 3. The molecule has 0 amide bonds. The van der Waals surface area contributed by atoms with Crippen LogP contribution in [-0.4, -0.2) is 17.0 Å². The molecule has 35 heavy (non-hydrogen) atoms. The van der Waals surface area contributed by atoms with Gasteiger partial charge >= 0.3 is 0 Å². The minimum absolute atomic E-state index is 0. The van der Waals surface area contributed by atoms with Gasteiger partial charge in [0.15, 0.2) is 0 Å². The van der Waals surface area contributed by atoms with Gasteiger partial charge in [-0.15, -0.1) is 12.4 Å². The van der Waals surface area contributed by atoms with Crippen LogP contribution in [0.1, 0.15) is 13.8 Å². The molecule has 1 aromatic heterocycles. The van der Waals surface area contributed by atoms with Gasteiger partial charge in [0.25, 0.3) is 0 Å². The van der Waals surface area contributed by atoms with Gasteiger partial charge in [0.1, 0.15) is 0 Å². The summed E-state index contributed by atoms with van der Waals surface area (Å²) in [7, 11) is 1.94. The van der Waals surface area contributed by atoms with Crippen LogP contribution in [0.5, 0.6) is 0 Å². The number of nitrogens with zero attached hydrogens (tertiary/aromatic N) is 3. The molecule has 0 saturated heterocycles. The average molecular weight is 2210 g/mol. The maximum absolute atomic E-state index is 4.11. The van der Waals surface area contributed by atoms with Gasteiger partial charge in [0.2, 0.25) is 0 Å². The van der Waals surface area contributed by atoms with Crippen LogP contribution in [-0.2, 0) is 752 Å². The van der Waals surface area contributed by atoms with E-state index in [2.05, 4.69) is 36.6 Å². The van der Waals surface area contributed by atoms with E-state index >= 15 is 0 Å². The molecule has 1 aromatic rings. The Hall–Kier alpha value is 24.3. The third-order valence-electron chi connectivity index (χ3n) is 1.36. The van der Waals surface area contributed by atoms with Crippen LogP contribution in [0.3, 0.4) is 0 Å². The van der Waals surface area contributed by atoms with Crippen molar-refractivity contribution >= 4 is 5.82 Å². The quantitative estimate of drug-likeness (QED) is 0.431. The summed E-state index contributed by atoms with van der Waals surface area (Å²) in [5, 5.41) is 0. The molecule has 0 unspecified atom stereocenters. The minimum Gasteiger partial charge on any atom is -0.524 e. The first-order valence-corrected chi connectivity index (χ1v) is 3.96. The Morgan fingerprint density at radius 3 is 0.971 bits per heavy atom. The molecule has 23 radical (unpaired) electrons. The number of rotatable bonds is 3. The summed E-state index contributed by atoms with van der Waals surface area (Å²) in [5.41, 5.74) is 0. The van der Waals surface area contributed by atoms with Crippen LogP contribution in [0.15, 0.2) is 12.4 Å². The molecule has 0 aromatic carbocycles. The molecule has 135 valence electrons. The van der Waals surface area contributed by atoms with E-state index in [1.54, 1.807) is 12.4 Å². The first-order chi connectivity index (χ1) is 5.70. The molecule has 0 bridgehead atoms. The Kier molecular flexibility index (Phi) is 542. The second-order valence-electron chi connectivity index (χ2n) is 3.00. The van der Waals surface area contributed by atoms with Crippen molar-refractivity contribution in [3.63, 3.8) is 0 Å². The molecule has 0 aliphatic heterocycles. The van der Waals surface area contributed by atoms with Gasteiger partial charge in [-0.05, 0) is 13.2 Å². The van der Waals surface area contributed by atoms with Crippen molar-refractivity contribution in [3.8, 4) is 0 Å². The predicted molar refractivity (Wildman–Crippen MR) is 48.4 cm³/mol. The van der Waals surface area contributed by atoms with Crippen molar-refractivity contribution in [2.75, 3.05) is 11.9 Å². The molecule has 1 heterocycles. The van der Waals surface area contributed by atoms with E-state index in [9.17, 15) is 0 Å². The molecule has 26 heteroatoms. The number of aromatic nitrogens is 2. The third kappa shape index (κ3) is 114. The van der Waals surface area contributed by atoms with Crippen molar-refractivity contribution in [2.45, 2.75) is 13.8 Å². The van der Waals surface area contributed by atoms with Gasteiger partial charge in [-0.2, -0.15) is 5.92 Å². The zero-order valence-electron chi connectivity index (χ0n) is 20.9. The monoisotopic (exact) mass is 2210 g/mol.